The molecular weight excluding hydrogens is 437 g/mol. The topological polar surface area (TPSA) is 103 Å². The number of rotatable bonds is 4. The van der Waals surface area contributed by atoms with E-state index >= 15 is 0 Å². The fraction of sp³-hybridized carbons (Fsp3) is 0.0909. The Morgan fingerprint density at radius 3 is 2.50 bits per heavy atom. The highest BCUT2D eigenvalue weighted by Crippen LogP contribution is 2.35. The van der Waals surface area contributed by atoms with Crippen LogP contribution in [-0.4, -0.2) is 15.0 Å². The Labute approximate surface area is 185 Å². The molecule has 0 aliphatic carbocycles. The van der Waals surface area contributed by atoms with Gasteiger partial charge in [-0.25, -0.2) is 23.1 Å². The molecule has 4 rings (SSSR count). The van der Waals surface area contributed by atoms with Crippen molar-refractivity contribution in [2.24, 2.45) is 0 Å². The third kappa shape index (κ3) is 3.86. The van der Waals surface area contributed by atoms with Crippen molar-refractivity contribution in [3.8, 4) is 17.2 Å². The summed E-state index contributed by atoms with van der Waals surface area (Å²) >= 11 is 5.61. The molecule has 0 bridgehead atoms. The highest BCUT2D eigenvalue weighted by atomic mass is 32.1. The fourth-order valence-corrected chi connectivity index (χ4v) is 3.88. The summed E-state index contributed by atoms with van der Waals surface area (Å²) in [5.74, 6) is -1.87. The molecule has 0 aliphatic rings. The van der Waals surface area contributed by atoms with Gasteiger partial charge in [0.25, 0.3) is 0 Å². The number of hydrogen-bond acceptors (Lipinski definition) is 6. The summed E-state index contributed by atoms with van der Waals surface area (Å²) in [5.41, 5.74) is 7.30. The van der Waals surface area contributed by atoms with E-state index in [9.17, 15) is 18.4 Å². The van der Waals surface area contributed by atoms with Crippen molar-refractivity contribution in [3.63, 3.8) is 0 Å². The molecule has 0 radical (unpaired) electrons. The molecule has 2 aromatic heterocycles. The molecule has 0 spiro atoms. The van der Waals surface area contributed by atoms with Crippen LogP contribution in [0.4, 0.5) is 24.8 Å². The highest BCUT2D eigenvalue weighted by molar-refractivity contribution is 7.71. The largest absolute Gasteiger partial charge is 0.382 e. The molecule has 4 N–H and O–H groups in total. The van der Waals surface area contributed by atoms with E-state index in [-0.39, 0.29) is 27.3 Å². The van der Waals surface area contributed by atoms with Crippen LogP contribution in [0.5, 0.6) is 0 Å². The molecule has 0 saturated heterocycles. The minimum absolute atomic E-state index is 0.00606. The summed E-state index contributed by atoms with van der Waals surface area (Å²) in [6.07, 6.45) is 1.21. The maximum Gasteiger partial charge on any atom is 0.150 e. The SMILES string of the molecule is CC(Nc1ncnc(N)c1C#N)c1[nH]c2ccc(F)cc2c(=S)c1-c1cc(F)cc(F)c1. The quantitative estimate of drug-likeness (QED) is 0.358. The second-order valence-corrected chi connectivity index (χ2v) is 7.46. The van der Waals surface area contributed by atoms with Crippen molar-refractivity contribution in [2.75, 3.05) is 11.1 Å². The van der Waals surface area contributed by atoms with Crippen molar-refractivity contribution < 1.29 is 13.2 Å². The van der Waals surface area contributed by atoms with E-state index in [1.165, 1.54) is 24.5 Å². The average Bonchev–Trinajstić information content (AvgIpc) is 2.73. The Hall–Kier alpha value is -3.97. The Morgan fingerprint density at radius 1 is 1.09 bits per heavy atom. The Kier molecular flexibility index (Phi) is 5.50. The lowest BCUT2D eigenvalue weighted by molar-refractivity contribution is 0.584. The number of hydrogen-bond donors (Lipinski definition) is 3. The number of aromatic nitrogens is 3. The minimum atomic E-state index is -0.782. The molecule has 6 nitrogen and oxygen atoms in total. The van der Waals surface area contributed by atoms with Crippen LogP contribution in [-0.2, 0) is 0 Å². The normalized spacial score (nSPS) is 11.8. The number of nitrogens with one attached hydrogen (secondary N) is 2. The summed E-state index contributed by atoms with van der Waals surface area (Å²) in [6, 6.07) is 8.47. The maximum absolute atomic E-state index is 14.0. The van der Waals surface area contributed by atoms with Gasteiger partial charge in [-0.3, -0.25) is 0 Å². The van der Waals surface area contributed by atoms with Gasteiger partial charge in [-0.05, 0) is 42.8 Å². The predicted octanol–water partition coefficient (Wildman–Crippen LogP) is 5.40. The Morgan fingerprint density at radius 2 is 1.81 bits per heavy atom. The van der Waals surface area contributed by atoms with Crippen LogP contribution in [0.1, 0.15) is 24.2 Å². The molecule has 2 heterocycles. The molecule has 0 amide bonds. The van der Waals surface area contributed by atoms with Gasteiger partial charge in [-0.2, -0.15) is 5.26 Å². The molecule has 0 fully saturated rings. The molecule has 0 saturated carbocycles. The van der Waals surface area contributed by atoms with Crippen LogP contribution in [0.25, 0.3) is 22.0 Å². The minimum Gasteiger partial charge on any atom is -0.382 e. The zero-order valence-corrected chi connectivity index (χ0v) is 17.4. The number of H-pyrrole nitrogens is 1. The molecule has 1 atom stereocenters. The van der Waals surface area contributed by atoms with Crippen molar-refractivity contribution in [1.29, 1.82) is 5.26 Å². The van der Waals surface area contributed by atoms with Gasteiger partial charge in [0.05, 0.1) is 10.6 Å². The number of benzene rings is 2. The van der Waals surface area contributed by atoms with Gasteiger partial charge in [-0.15, -0.1) is 0 Å². The number of aromatic amines is 1. The molecule has 0 aliphatic heterocycles. The van der Waals surface area contributed by atoms with Gasteiger partial charge in [0, 0.05) is 28.2 Å². The summed E-state index contributed by atoms with van der Waals surface area (Å²) in [4.78, 5) is 11.0. The molecule has 1 unspecified atom stereocenters. The molecule has 2 aromatic carbocycles. The van der Waals surface area contributed by atoms with Gasteiger partial charge in [-0.1, -0.05) is 12.2 Å². The molecule has 4 aromatic rings. The summed E-state index contributed by atoms with van der Waals surface area (Å²) < 4.78 is 42.2. The third-order valence-corrected chi connectivity index (χ3v) is 5.34. The number of halogens is 3. The highest BCUT2D eigenvalue weighted by Gasteiger charge is 2.20. The van der Waals surface area contributed by atoms with E-state index in [4.69, 9.17) is 18.0 Å². The number of nitrogens with two attached hydrogens (primary N) is 1. The summed E-state index contributed by atoms with van der Waals surface area (Å²) in [6.45, 7) is 1.74. The first-order chi connectivity index (χ1) is 15.3. The number of nitrogen functional groups attached to an aromatic ring is 1. The third-order valence-electron chi connectivity index (χ3n) is 4.92. The first kappa shape index (κ1) is 21.3. The van der Waals surface area contributed by atoms with Crippen LogP contribution in [0.15, 0.2) is 42.7 Å². The van der Waals surface area contributed by atoms with E-state index in [2.05, 4.69) is 20.3 Å². The van der Waals surface area contributed by atoms with Crippen molar-refractivity contribution in [2.45, 2.75) is 13.0 Å². The number of fused-ring (bicyclic) bond motifs is 1. The molecule has 10 heteroatoms. The average molecular weight is 452 g/mol. The lowest BCUT2D eigenvalue weighted by Crippen LogP contribution is -2.14. The lowest BCUT2D eigenvalue weighted by atomic mass is 9.97. The molecular formula is C22H15F3N6S. The smallest absolute Gasteiger partial charge is 0.150 e. The van der Waals surface area contributed by atoms with Gasteiger partial charge in [0.15, 0.2) is 0 Å². The van der Waals surface area contributed by atoms with Crippen molar-refractivity contribution in [1.82, 2.24) is 15.0 Å². The molecule has 32 heavy (non-hydrogen) atoms. The van der Waals surface area contributed by atoms with Gasteiger partial charge in [0.1, 0.15) is 47.0 Å². The second-order valence-electron chi connectivity index (χ2n) is 7.05. The number of nitrogens with zero attached hydrogens (tertiary/aromatic N) is 3. The number of nitriles is 1. The van der Waals surface area contributed by atoms with Gasteiger partial charge < -0.3 is 16.0 Å². The first-order valence-corrected chi connectivity index (χ1v) is 9.78. The van der Waals surface area contributed by atoms with E-state index in [0.717, 1.165) is 18.2 Å². The summed E-state index contributed by atoms with van der Waals surface area (Å²) in [5, 5.41) is 12.9. The van der Waals surface area contributed by atoms with E-state index in [0.29, 0.717) is 22.2 Å². The van der Waals surface area contributed by atoms with Crippen molar-refractivity contribution >= 4 is 34.8 Å². The standard InChI is InChI=1S/C22H15F3N6S/c1-10(30-22-16(8-26)21(27)28-9-29-22)19-18(11-4-13(24)6-14(25)5-11)20(32)15-7-12(23)2-3-17(15)31-19/h2-7,9-10H,1H3,(H,31,32)(H3,27,28,29,30). The maximum atomic E-state index is 14.0. The number of anilines is 2. The first-order valence-electron chi connectivity index (χ1n) is 9.37. The van der Waals surface area contributed by atoms with Crippen LogP contribution in [0.2, 0.25) is 0 Å². The van der Waals surface area contributed by atoms with Crippen LogP contribution in [0, 0.1) is 33.3 Å². The molecule has 160 valence electrons. The van der Waals surface area contributed by atoms with Crippen LogP contribution in [0.3, 0.4) is 0 Å². The monoisotopic (exact) mass is 452 g/mol. The van der Waals surface area contributed by atoms with E-state index < -0.39 is 23.5 Å². The van der Waals surface area contributed by atoms with Gasteiger partial charge in [0.2, 0.25) is 0 Å². The second kappa shape index (κ2) is 8.28. The number of pyridine rings is 1. The Bertz CT molecular complexity index is 1440. The zero-order chi connectivity index (χ0) is 23.0. The van der Waals surface area contributed by atoms with E-state index in [1.807, 2.05) is 6.07 Å². The van der Waals surface area contributed by atoms with Crippen molar-refractivity contribution in [3.05, 3.63) is 75.9 Å². The fourth-order valence-electron chi connectivity index (χ4n) is 3.48. The Balaban J connectivity index is 1.96. The van der Waals surface area contributed by atoms with Crippen LogP contribution < -0.4 is 11.1 Å². The predicted molar refractivity (Wildman–Crippen MR) is 118 cm³/mol. The lowest BCUT2D eigenvalue weighted by Gasteiger charge is -2.21. The van der Waals surface area contributed by atoms with E-state index in [1.54, 1.807) is 6.92 Å². The van der Waals surface area contributed by atoms with Crippen LogP contribution >= 0.6 is 12.2 Å². The van der Waals surface area contributed by atoms with Gasteiger partial charge >= 0.3 is 0 Å². The zero-order valence-electron chi connectivity index (χ0n) is 16.6. The summed E-state index contributed by atoms with van der Waals surface area (Å²) in [7, 11) is 0.